The molecule has 0 N–H and O–H groups in total. The van der Waals surface area contributed by atoms with Gasteiger partial charge < -0.3 is 0 Å². The van der Waals surface area contributed by atoms with Crippen molar-refractivity contribution < 1.29 is 0 Å². The van der Waals surface area contributed by atoms with Crippen molar-refractivity contribution in [1.82, 2.24) is 9.97 Å². The highest BCUT2D eigenvalue weighted by molar-refractivity contribution is 9.10. The third-order valence-corrected chi connectivity index (χ3v) is 1.53. The molecule has 1 aromatic rings. The quantitative estimate of drug-likeness (QED) is 0.670. The van der Waals surface area contributed by atoms with Gasteiger partial charge in [-0.1, -0.05) is 5.57 Å². The average Bonchev–Trinajstić information content (AvgIpc) is 1.85. The molecular formula is C8H9BrN2. The van der Waals surface area contributed by atoms with E-state index in [1.54, 1.807) is 6.33 Å². The fourth-order valence-corrected chi connectivity index (χ4v) is 1.05. The van der Waals surface area contributed by atoms with Crippen LogP contribution in [0, 0.1) is 0 Å². The Kier molecular flexibility index (Phi) is 2.76. The Morgan fingerprint density at radius 1 is 1.45 bits per heavy atom. The summed E-state index contributed by atoms with van der Waals surface area (Å²) in [5.41, 5.74) is 2.17. The highest BCUT2D eigenvalue weighted by atomic mass is 79.9. The van der Waals surface area contributed by atoms with Crippen LogP contribution in [0.15, 0.2) is 22.6 Å². The molecular weight excluding hydrogens is 204 g/mol. The zero-order valence-electron chi connectivity index (χ0n) is 6.50. The van der Waals surface area contributed by atoms with Crippen LogP contribution in [0.25, 0.3) is 6.08 Å². The lowest BCUT2D eigenvalue weighted by Crippen LogP contribution is -1.83. The van der Waals surface area contributed by atoms with Crippen molar-refractivity contribution in [1.29, 1.82) is 0 Å². The van der Waals surface area contributed by atoms with Crippen molar-refractivity contribution in [2.24, 2.45) is 0 Å². The van der Waals surface area contributed by atoms with E-state index in [0.717, 1.165) is 10.3 Å². The van der Waals surface area contributed by atoms with Gasteiger partial charge in [0.2, 0.25) is 0 Å². The van der Waals surface area contributed by atoms with Gasteiger partial charge in [-0.2, -0.15) is 0 Å². The molecule has 58 valence electrons. The Bertz CT molecular complexity index is 277. The van der Waals surface area contributed by atoms with E-state index in [1.165, 1.54) is 5.57 Å². The molecule has 11 heavy (non-hydrogen) atoms. The van der Waals surface area contributed by atoms with Gasteiger partial charge in [0.25, 0.3) is 0 Å². The van der Waals surface area contributed by atoms with E-state index < -0.39 is 0 Å². The molecule has 0 aliphatic carbocycles. The van der Waals surface area contributed by atoms with Gasteiger partial charge in [-0.3, -0.25) is 0 Å². The number of aromatic nitrogens is 2. The maximum absolute atomic E-state index is 4.06. The van der Waals surface area contributed by atoms with Crippen molar-refractivity contribution in [2.75, 3.05) is 0 Å². The predicted molar refractivity (Wildman–Crippen MR) is 49.1 cm³/mol. The third-order valence-electron chi connectivity index (χ3n) is 1.09. The van der Waals surface area contributed by atoms with E-state index in [2.05, 4.69) is 25.9 Å². The van der Waals surface area contributed by atoms with Crippen LogP contribution in [-0.2, 0) is 0 Å². The molecule has 0 spiro atoms. The van der Waals surface area contributed by atoms with Crippen LogP contribution < -0.4 is 0 Å². The van der Waals surface area contributed by atoms with Crippen molar-refractivity contribution in [3.05, 3.63) is 28.3 Å². The molecule has 0 saturated carbocycles. The molecule has 3 heteroatoms. The van der Waals surface area contributed by atoms with Crippen molar-refractivity contribution >= 4 is 22.0 Å². The normalized spacial score (nSPS) is 9.36. The molecule has 1 rings (SSSR count). The molecule has 0 bridgehead atoms. The molecule has 0 aliphatic heterocycles. The summed E-state index contributed by atoms with van der Waals surface area (Å²) in [7, 11) is 0. The first kappa shape index (κ1) is 8.40. The lowest BCUT2D eigenvalue weighted by atomic mass is 10.3. The molecule has 0 aliphatic rings. The minimum Gasteiger partial charge on any atom is -0.237 e. The Balaban J connectivity index is 2.97. The van der Waals surface area contributed by atoms with Gasteiger partial charge in [0.1, 0.15) is 10.9 Å². The summed E-state index contributed by atoms with van der Waals surface area (Å²) < 4.78 is 0.819. The van der Waals surface area contributed by atoms with Gasteiger partial charge in [-0.25, -0.2) is 9.97 Å². The molecule has 1 aromatic heterocycles. The minimum atomic E-state index is 0.819. The first-order chi connectivity index (χ1) is 5.18. The summed E-state index contributed by atoms with van der Waals surface area (Å²) in [6.45, 7) is 4.08. The topological polar surface area (TPSA) is 25.8 Å². The Morgan fingerprint density at radius 2 is 2.18 bits per heavy atom. The van der Waals surface area contributed by atoms with Crippen molar-refractivity contribution in [2.45, 2.75) is 13.8 Å². The number of rotatable bonds is 1. The number of halogens is 1. The summed E-state index contributed by atoms with van der Waals surface area (Å²) in [6.07, 6.45) is 3.55. The van der Waals surface area contributed by atoms with Crippen LogP contribution in [-0.4, -0.2) is 9.97 Å². The van der Waals surface area contributed by atoms with Gasteiger partial charge in [0.05, 0.1) is 5.69 Å². The summed E-state index contributed by atoms with van der Waals surface area (Å²) in [4.78, 5) is 7.99. The summed E-state index contributed by atoms with van der Waals surface area (Å²) in [6, 6.07) is 1.88. The zero-order chi connectivity index (χ0) is 8.27. The van der Waals surface area contributed by atoms with Gasteiger partial charge in [-0.05, 0) is 41.9 Å². The van der Waals surface area contributed by atoms with E-state index in [-0.39, 0.29) is 0 Å². The van der Waals surface area contributed by atoms with Gasteiger partial charge in [-0.15, -0.1) is 0 Å². The van der Waals surface area contributed by atoms with Crippen LogP contribution in [0.5, 0.6) is 0 Å². The standard InChI is InChI=1S/C8H9BrN2/c1-6(2)3-7-4-8(9)11-5-10-7/h3-5H,1-2H3. The monoisotopic (exact) mass is 212 g/mol. The lowest BCUT2D eigenvalue weighted by Gasteiger charge is -1.93. The van der Waals surface area contributed by atoms with E-state index in [4.69, 9.17) is 0 Å². The SMILES string of the molecule is CC(C)=Cc1cc(Br)ncn1. The number of hydrogen-bond donors (Lipinski definition) is 0. The average molecular weight is 213 g/mol. The predicted octanol–water partition coefficient (Wildman–Crippen LogP) is 2.66. The summed E-state index contributed by atoms with van der Waals surface area (Å²) in [5.74, 6) is 0. The van der Waals surface area contributed by atoms with Crippen LogP contribution >= 0.6 is 15.9 Å². The van der Waals surface area contributed by atoms with Crippen molar-refractivity contribution in [3.63, 3.8) is 0 Å². The third kappa shape index (κ3) is 2.80. The molecule has 0 saturated heterocycles. The van der Waals surface area contributed by atoms with E-state index >= 15 is 0 Å². The summed E-state index contributed by atoms with van der Waals surface area (Å²) in [5, 5.41) is 0. The second-order valence-corrected chi connectivity index (χ2v) is 3.30. The minimum absolute atomic E-state index is 0.819. The van der Waals surface area contributed by atoms with Gasteiger partial charge in [0, 0.05) is 0 Å². The molecule has 0 radical (unpaired) electrons. The molecule has 0 amide bonds. The Labute approximate surface area is 74.5 Å². The lowest BCUT2D eigenvalue weighted by molar-refractivity contribution is 1.12. The maximum Gasteiger partial charge on any atom is 0.117 e. The van der Waals surface area contributed by atoms with Crippen LogP contribution in [0.3, 0.4) is 0 Å². The van der Waals surface area contributed by atoms with Crippen LogP contribution in [0.4, 0.5) is 0 Å². The van der Waals surface area contributed by atoms with Crippen LogP contribution in [0.2, 0.25) is 0 Å². The highest BCUT2D eigenvalue weighted by Gasteiger charge is 1.90. The van der Waals surface area contributed by atoms with Crippen LogP contribution in [0.1, 0.15) is 19.5 Å². The van der Waals surface area contributed by atoms with E-state index in [1.807, 2.05) is 26.0 Å². The smallest absolute Gasteiger partial charge is 0.117 e. The molecule has 0 aromatic carbocycles. The maximum atomic E-state index is 4.06. The van der Waals surface area contributed by atoms with E-state index in [0.29, 0.717) is 0 Å². The number of allylic oxidation sites excluding steroid dienone is 1. The fourth-order valence-electron chi connectivity index (χ4n) is 0.722. The fraction of sp³-hybridized carbons (Fsp3) is 0.250. The summed E-state index contributed by atoms with van der Waals surface area (Å²) >= 11 is 3.27. The second kappa shape index (κ2) is 3.62. The first-order valence-corrected chi connectivity index (χ1v) is 4.10. The van der Waals surface area contributed by atoms with E-state index in [9.17, 15) is 0 Å². The van der Waals surface area contributed by atoms with Gasteiger partial charge in [0.15, 0.2) is 0 Å². The number of nitrogens with zero attached hydrogens (tertiary/aromatic N) is 2. The molecule has 0 fully saturated rings. The first-order valence-electron chi connectivity index (χ1n) is 3.31. The largest absolute Gasteiger partial charge is 0.237 e. The Morgan fingerprint density at radius 3 is 2.73 bits per heavy atom. The molecule has 0 atom stereocenters. The number of hydrogen-bond acceptors (Lipinski definition) is 2. The van der Waals surface area contributed by atoms with Crippen molar-refractivity contribution in [3.8, 4) is 0 Å². The Hall–Kier alpha value is -0.700. The molecule has 0 unspecified atom stereocenters. The highest BCUT2D eigenvalue weighted by Crippen LogP contribution is 2.08. The molecule has 2 nitrogen and oxygen atoms in total. The van der Waals surface area contributed by atoms with Gasteiger partial charge >= 0.3 is 0 Å². The second-order valence-electron chi connectivity index (χ2n) is 2.49. The molecule has 1 heterocycles. The zero-order valence-corrected chi connectivity index (χ0v) is 8.09.